The Bertz CT molecular complexity index is 871. The van der Waals surface area contributed by atoms with Crippen LogP contribution >= 0.6 is 19.3 Å². The van der Waals surface area contributed by atoms with Crippen LogP contribution in [-0.2, 0) is 7.05 Å². The van der Waals surface area contributed by atoms with Crippen molar-refractivity contribution in [1.29, 1.82) is 0 Å². The minimum Gasteiger partial charge on any atom is -0.354 e. The summed E-state index contributed by atoms with van der Waals surface area (Å²) < 4.78 is 7.36. The topological polar surface area (TPSA) is 20.5 Å². The number of thiocarbonyl (C=S) groups is 1. The van der Waals surface area contributed by atoms with E-state index in [1.165, 1.54) is 16.0 Å². The van der Waals surface area contributed by atoms with E-state index in [-0.39, 0.29) is 0 Å². The molecule has 3 nitrogen and oxygen atoms in total. The summed E-state index contributed by atoms with van der Waals surface area (Å²) >= 11 is 5.62. The standard InChI is InChI=1S/C20H22N3PS/c1-22(2)20(25)21-24(17-11-6-4-7-12-17,18-13-8-5-9-14-18)19-15-10-16-23(19)3/h4-16H,1-3H3. The van der Waals surface area contributed by atoms with Crippen LogP contribution < -0.4 is 16.0 Å². The Morgan fingerprint density at radius 1 is 0.880 bits per heavy atom. The highest BCUT2D eigenvalue weighted by atomic mass is 32.1. The number of nitrogens with zero attached hydrogens (tertiary/aromatic N) is 3. The molecule has 128 valence electrons. The SMILES string of the molecule is CN(C)C(=S)N=P(c1ccccc1)(c1ccccc1)c1cccn1C. The van der Waals surface area contributed by atoms with Crippen molar-refractivity contribution in [2.75, 3.05) is 14.1 Å². The van der Waals surface area contributed by atoms with Crippen LogP contribution in [0.1, 0.15) is 0 Å². The van der Waals surface area contributed by atoms with Crippen molar-refractivity contribution in [3.63, 3.8) is 0 Å². The quantitative estimate of drug-likeness (QED) is 0.523. The minimum absolute atomic E-state index is 0.613. The van der Waals surface area contributed by atoms with E-state index in [9.17, 15) is 0 Å². The predicted molar refractivity (Wildman–Crippen MR) is 113 cm³/mol. The van der Waals surface area contributed by atoms with Gasteiger partial charge >= 0.3 is 0 Å². The molecule has 1 aromatic heterocycles. The molecule has 0 saturated carbocycles. The van der Waals surface area contributed by atoms with Crippen molar-refractivity contribution in [2.45, 2.75) is 0 Å². The second-order valence-corrected chi connectivity index (χ2v) is 9.39. The van der Waals surface area contributed by atoms with E-state index >= 15 is 0 Å². The van der Waals surface area contributed by atoms with E-state index in [1.807, 2.05) is 31.1 Å². The molecule has 0 bridgehead atoms. The van der Waals surface area contributed by atoms with Gasteiger partial charge in [0.05, 0.1) is 12.5 Å². The number of rotatable bonds is 3. The lowest BCUT2D eigenvalue weighted by Gasteiger charge is -2.28. The highest BCUT2D eigenvalue weighted by Crippen LogP contribution is 2.46. The van der Waals surface area contributed by atoms with E-state index in [1.54, 1.807) is 0 Å². The molecule has 0 N–H and O–H groups in total. The summed E-state index contributed by atoms with van der Waals surface area (Å²) in [5.74, 6) is 0. The van der Waals surface area contributed by atoms with Gasteiger partial charge in [-0.15, -0.1) is 0 Å². The first-order chi connectivity index (χ1) is 12.1. The Kier molecular flexibility index (Phi) is 5.22. The number of aromatic nitrogens is 1. The first-order valence-electron chi connectivity index (χ1n) is 8.12. The summed E-state index contributed by atoms with van der Waals surface area (Å²) in [6, 6.07) is 25.3. The molecule has 0 atom stereocenters. The fourth-order valence-corrected chi connectivity index (χ4v) is 6.87. The van der Waals surface area contributed by atoms with Gasteiger partial charge in [-0.25, -0.2) is 4.74 Å². The van der Waals surface area contributed by atoms with Crippen LogP contribution in [0, 0.1) is 0 Å². The maximum Gasteiger partial charge on any atom is 0.194 e. The maximum absolute atomic E-state index is 5.62. The van der Waals surface area contributed by atoms with Crippen molar-refractivity contribution in [1.82, 2.24) is 9.47 Å². The summed E-state index contributed by atoms with van der Waals surface area (Å²) in [5.41, 5.74) is 1.19. The van der Waals surface area contributed by atoms with Crippen LogP contribution in [0.25, 0.3) is 0 Å². The van der Waals surface area contributed by atoms with Gasteiger partial charge in [0.15, 0.2) is 5.11 Å². The summed E-state index contributed by atoms with van der Waals surface area (Å²) in [4.78, 5) is 1.90. The third kappa shape index (κ3) is 3.33. The molecule has 0 saturated heterocycles. The van der Waals surface area contributed by atoms with Crippen molar-refractivity contribution < 1.29 is 0 Å². The fourth-order valence-electron chi connectivity index (χ4n) is 2.87. The molecular weight excluding hydrogens is 345 g/mol. The monoisotopic (exact) mass is 367 g/mol. The van der Waals surface area contributed by atoms with Gasteiger partial charge in [-0.3, -0.25) is 0 Å². The van der Waals surface area contributed by atoms with Crippen molar-refractivity contribution in [3.05, 3.63) is 79.0 Å². The summed E-state index contributed by atoms with van der Waals surface area (Å²) in [7, 11) is 3.72. The first kappa shape index (κ1) is 17.7. The maximum atomic E-state index is 5.62. The Hall–Kier alpha value is -2.16. The molecule has 0 aliphatic rings. The van der Waals surface area contributed by atoms with Crippen LogP contribution in [-0.4, -0.2) is 28.7 Å². The molecule has 0 radical (unpaired) electrons. The molecule has 1 heterocycles. The smallest absolute Gasteiger partial charge is 0.194 e. The lowest BCUT2D eigenvalue weighted by atomic mass is 10.4. The predicted octanol–water partition coefficient (Wildman–Crippen LogP) is 3.35. The molecule has 0 amide bonds. The highest BCUT2D eigenvalue weighted by Gasteiger charge is 2.30. The lowest BCUT2D eigenvalue weighted by Crippen LogP contribution is -2.31. The summed E-state index contributed by atoms with van der Waals surface area (Å²) in [6.07, 6.45) is 2.07. The van der Waals surface area contributed by atoms with Gasteiger partial charge in [-0.05, 0) is 24.4 Å². The number of hydrogen-bond donors (Lipinski definition) is 0. The molecule has 0 fully saturated rings. The zero-order valence-corrected chi connectivity index (χ0v) is 16.4. The van der Waals surface area contributed by atoms with Crippen LogP contribution in [0.5, 0.6) is 0 Å². The van der Waals surface area contributed by atoms with Gasteiger partial charge in [0, 0.05) is 37.9 Å². The Morgan fingerprint density at radius 3 is 1.80 bits per heavy atom. The van der Waals surface area contributed by atoms with Gasteiger partial charge in [0.1, 0.15) is 0 Å². The summed E-state index contributed by atoms with van der Waals surface area (Å²) in [6.45, 7) is 0. The molecule has 5 heteroatoms. The first-order valence-corrected chi connectivity index (χ1v) is 10.3. The highest BCUT2D eigenvalue weighted by molar-refractivity contribution is 7.88. The third-order valence-electron chi connectivity index (χ3n) is 4.13. The van der Waals surface area contributed by atoms with Crippen LogP contribution in [0.2, 0.25) is 0 Å². The van der Waals surface area contributed by atoms with Gasteiger partial charge in [0.25, 0.3) is 0 Å². The zero-order valence-electron chi connectivity index (χ0n) is 14.7. The van der Waals surface area contributed by atoms with E-state index in [4.69, 9.17) is 17.0 Å². The molecule has 3 rings (SSSR count). The average Bonchev–Trinajstić information content (AvgIpc) is 3.07. The van der Waals surface area contributed by atoms with E-state index in [0.717, 1.165) is 0 Å². The molecule has 25 heavy (non-hydrogen) atoms. The van der Waals surface area contributed by atoms with Crippen LogP contribution in [0.4, 0.5) is 0 Å². The third-order valence-corrected chi connectivity index (χ3v) is 8.43. The Morgan fingerprint density at radius 2 is 1.40 bits per heavy atom. The largest absolute Gasteiger partial charge is 0.354 e. The lowest BCUT2D eigenvalue weighted by molar-refractivity contribution is 0.629. The normalized spacial score (nSPS) is 11.2. The summed E-state index contributed by atoms with van der Waals surface area (Å²) in [5, 5.41) is 3.02. The zero-order chi connectivity index (χ0) is 17.9. The molecular formula is C20H22N3PS. The molecule has 0 unspecified atom stereocenters. The van der Waals surface area contributed by atoms with Gasteiger partial charge in [0.2, 0.25) is 0 Å². The van der Waals surface area contributed by atoms with Gasteiger partial charge in [-0.1, -0.05) is 60.7 Å². The van der Waals surface area contributed by atoms with E-state index in [0.29, 0.717) is 5.11 Å². The number of aryl methyl sites for hydroxylation is 1. The van der Waals surface area contributed by atoms with Crippen LogP contribution in [0.15, 0.2) is 83.7 Å². The van der Waals surface area contributed by atoms with Crippen molar-refractivity contribution >= 4 is 40.4 Å². The fraction of sp³-hybridized carbons (Fsp3) is 0.150. The molecule has 0 aliphatic carbocycles. The molecule has 0 spiro atoms. The number of benzene rings is 2. The average molecular weight is 367 g/mol. The second-order valence-electron chi connectivity index (χ2n) is 6.06. The van der Waals surface area contributed by atoms with E-state index in [2.05, 4.69) is 78.5 Å². The second kappa shape index (κ2) is 7.38. The van der Waals surface area contributed by atoms with Crippen molar-refractivity contribution in [2.24, 2.45) is 11.8 Å². The molecule has 3 aromatic rings. The van der Waals surface area contributed by atoms with Gasteiger partial charge in [-0.2, -0.15) is 0 Å². The number of hydrogen-bond acceptors (Lipinski definition) is 1. The van der Waals surface area contributed by atoms with Gasteiger partial charge < -0.3 is 9.47 Å². The van der Waals surface area contributed by atoms with E-state index < -0.39 is 7.05 Å². The van der Waals surface area contributed by atoms with Crippen molar-refractivity contribution in [3.8, 4) is 0 Å². The van der Waals surface area contributed by atoms with Crippen LogP contribution in [0.3, 0.4) is 0 Å². The molecule has 2 aromatic carbocycles. The minimum atomic E-state index is -2.25. The Labute approximate surface area is 155 Å². The Balaban J connectivity index is 2.45. The molecule has 0 aliphatic heterocycles.